The minimum atomic E-state index is -1.50. The zero-order valence-corrected chi connectivity index (χ0v) is 13.5. The van der Waals surface area contributed by atoms with Crippen LogP contribution in [-0.4, -0.2) is 48.4 Å². The van der Waals surface area contributed by atoms with Crippen molar-refractivity contribution in [1.29, 1.82) is 0 Å². The van der Waals surface area contributed by atoms with Crippen LogP contribution in [0.1, 0.15) is 17.5 Å². The van der Waals surface area contributed by atoms with Crippen LogP contribution in [0.3, 0.4) is 0 Å². The Bertz CT molecular complexity index is 616. The van der Waals surface area contributed by atoms with E-state index in [4.69, 9.17) is 9.47 Å². The lowest BCUT2D eigenvalue weighted by Crippen LogP contribution is -2.25. The second kappa shape index (κ2) is 9.46. The molecule has 0 aliphatic carbocycles. The number of rotatable bonds is 9. The normalized spacial score (nSPS) is 12.5. The van der Waals surface area contributed by atoms with Crippen LogP contribution in [0, 0.1) is 12.8 Å². The number of ether oxygens (including phenoxy) is 2. The van der Waals surface area contributed by atoms with Gasteiger partial charge in [0.05, 0.1) is 24.5 Å². The predicted molar refractivity (Wildman–Crippen MR) is 85.4 cm³/mol. The number of aryl methyl sites for hydroxylation is 1. The molecule has 0 fully saturated rings. The first kappa shape index (κ1) is 19.4. The number of methoxy groups -OCH3 is 1. The number of carboxylic acid groups (broad SMARTS) is 2. The molecule has 0 aliphatic heterocycles. The molecule has 1 aromatic rings. The zero-order valence-electron chi connectivity index (χ0n) is 13.5. The molecule has 1 atom stereocenters. The summed E-state index contributed by atoms with van der Waals surface area (Å²) >= 11 is 0. The van der Waals surface area contributed by atoms with Crippen LogP contribution in [0.25, 0.3) is 6.08 Å². The van der Waals surface area contributed by atoms with Gasteiger partial charge in [0.1, 0.15) is 6.61 Å². The highest BCUT2D eigenvalue weighted by molar-refractivity contribution is 5.99. The molecule has 1 aromatic carbocycles. The van der Waals surface area contributed by atoms with Crippen molar-refractivity contribution >= 4 is 24.0 Å². The molecule has 0 bridgehead atoms. The summed E-state index contributed by atoms with van der Waals surface area (Å²) in [5, 5.41) is 18.6. The highest BCUT2D eigenvalue weighted by atomic mass is 16.6. The number of benzene rings is 1. The van der Waals surface area contributed by atoms with Gasteiger partial charge in [-0.2, -0.15) is 0 Å². The SMILES string of the molecule is COCCOC(=O)CC(C(=O)O)C(=Cc1ccc(C)cc1)C(=O)O. The number of carbonyl (C=O) groups excluding carboxylic acids is 1. The third-order valence-electron chi connectivity index (χ3n) is 3.24. The smallest absolute Gasteiger partial charge is 0.332 e. The van der Waals surface area contributed by atoms with Gasteiger partial charge in [0.25, 0.3) is 0 Å². The van der Waals surface area contributed by atoms with Gasteiger partial charge in [0.15, 0.2) is 0 Å². The Morgan fingerprint density at radius 2 is 1.75 bits per heavy atom. The summed E-state index contributed by atoms with van der Waals surface area (Å²) in [6.07, 6.45) is 0.687. The second-order valence-electron chi connectivity index (χ2n) is 5.12. The van der Waals surface area contributed by atoms with Gasteiger partial charge in [-0.1, -0.05) is 29.8 Å². The lowest BCUT2D eigenvalue weighted by atomic mass is 9.93. The Balaban J connectivity index is 2.99. The van der Waals surface area contributed by atoms with Gasteiger partial charge >= 0.3 is 17.9 Å². The summed E-state index contributed by atoms with van der Waals surface area (Å²) in [4.78, 5) is 34.6. The predicted octanol–water partition coefficient (Wildman–Crippen LogP) is 1.74. The molecule has 0 heterocycles. The quantitative estimate of drug-likeness (QED) is 0.401. The molecule has 1 unspecified atom stereocenters. The summed E-state index contributed by atoms with van der Waals surface area (Å²) in [7, 11) is 1.43. The van der Waals surface area contributed by atoms with Gasteiger partial charge in [-0.25, -0.2) is 4.79 Å². The first-order valence-electron chi connectivity index (χ1n) is 7.24. The Hall–Kier alpha value is -2.67. The van der Waals surface area contributed by atoms with Crippen LogP contribution in [0.2, 0.25) is 0 Å². The fourth-order valence-electron chi connectivity index (χ4n) is 1.95. The van der Waals surface area contributed by atoms with Gasteiger partial charge in [0.2, 0.25) is 0 Å². The topological polar surface area (TPSA) is 110 Å². The van der Waals surface area contributed by atoms with Gasteiger partial charge in [-0.3, -0.25) is 9.59 Å². The highest BCUT2D eigenvalue weighted by Crippen LogP contribution is 2.21. The maximum atomic E-state index is 11.7. The average molecular weight is 336 g/mol. The van der Waals surface area contributed by atoms with Crippen molar-refractivity contribution in [3.63, 3.8) is 0 Å². The Labute approximate surface area is 139 Å². The van der Waals surface area contributed by atoms with Crippen LogP contribution in [0.4, 0.5) is 0 Å². The van der Waals surface area contributed by atoms with Crippen molar-refractivity contribution in [2.45, 2.75) is 13.3 Å². The van der Waals surface area contributed by atoms with Gasteiger partial charge in [-0.15, -0.1) is 0 Å². The third kappa shape index (κ3) is 6.21. The van der Waals surface area contributed by atoms with Crippen molar-refractivity contribution in [2.75, 3.05) is 20.3 Å². The summed E-state index contributed by atoms with van der Waals surface area (Å²) in [6.45, 7) is 2.03. The molecule has 0 aromatic heterocycles. The number of esters is 1. The van der Waals surface area contributed by atoms with E-state index >= 15 is 0 Å². The van der Waals surface area contributed by atoms with E-state index in [0.29, 0.717) is 5.56 Å². The first-order valence-corrected chi connectivity index (χ1v) is 7.24. The molecular formula is C17H20O7. The zero-order chi connectivity index (χ0) is 18.1. The third-order valence-corrected chi connectivity index (χ3v) is 3.24. The number of carboxylic acids is 2. The van der Waals surface area contributed by atoms with Gasteiger partial charge < -0.3 is 19.7 Å². The minimum Gasteiger partial charge on any atom is -0.481 e. The largest absolute Gasteiger partial charge is 0.481 e. The van der Waals surface area contributed by atoms with Gasteiger partial charge in [0, 0.05) is 7.11 Å². The van der Waals surface area contributed by atoms with E-state index in [-0.39, 0.29) is 18.8 Å². The number of aliphatic carboxylic acids is 2. The van der Waals surface area contributed by atoms with Crippen molar-refractivity contribution in [3.05, 3.63) is 41.0 Å². The molecule has 0 saturated carbocycles. The lowest BCUT2D eigenvalue weighted by molar-refractivity contribution is -0.152. The monoisotopic (exact) mass is 336 g/mol. The summed E-state index contributed by atoms with van der Waals surface area (Å²) in [6, 6.07) is 6.91. The number of hydrogen-bond donors (Lipinski definition) is 2. The van der Waals surface area contributed by atoms with E-state index in [0.717, 1.165) is 5.56 Å². The van der Waals surface area contributed by atoms with Crippen LogP contribution in [-0.2, 0) is 23.9 Å². The minimum absolute atomic E-state index is 0.0221. The van der Waals surface area contributed by atoms with E-state index in [1.807, 2.05) is 6.92 Å². The molecule has 24 heavy (non-hydrogen) atoms. The molecule has 0 aliphatic rings. The highest BCUT2D eigenvalue weighted by Gasteiger charge is 2.30. The molecule has 0 spiro atoms. The molecule has 2 N–H and O–H groups in total. The van der Waals surface area contributed by atoms with Crippen LogP contribution >= 0.6 is 0 Å². The summed E-state index contributed by atoms with van der Waals surface area (Å²) in [5.41, 5.74) is 1.15. The maximum absolute atomic E-state index is 11.7. The van der Waals surface area contributed by atoms with Crippen molar-refractivity contribution in [2.24, 2.45) is 5.92 Å². The van der Waals surface area contributed by atoms with E-state index in [9.17, 15) is 24.6 Å². The van der Waals surface area contributed by atoms with Crippen molar-refractivity contribution in [1.82, 2.24) is 0 Å². The average Bonchev–Trinajstić information content (AvgIpc) is 2.52. The second-order valence-corrected chi connectivity index (χ2v) is 5.12. The fraction of sp³-hybridized carbons (Fsp3) is 0.353. The van der Waals surface area contributed by atoms with Crippen LogP contribution in [0.5, 0.6) is 0 Å². The molecule has 1 rings (SSSR count). The molecule has 0 amide bonds. The summed E-state index contributed by atoms with van der Waals surface area (Å²) in [5.74, 6) is -5.10. The fourth-order valence-corrected chi connectivity index (χ4v) is 1.95. The lowest BCUT2D eigenvalue weighted by Gasteiger charge is -2.13. The van der Waals surface area contributed by atoms with Crippen molar-refractivity contribution in [3.8, 4) is 0 Å². The van der Waals surface area contributed by atoms with Gasteiger partial charge in [-0.05, 0) is 18.6 Å². The first-order chi connectivity index (χ1) is 11.3. The van der Waals surface area contributed by atoms with Crippen LogP contribution < -0.4 is 0 Å². The van der Waals surface area contributed by atoms with E-state index in [1.165, 1.54) is 13.2 Å². The van der Waals surface area contributed by atoms with Crippen LogP contribution in [0.15, 0.2) is 29.8 Å². The van der Waals surface area contributed by atoms with E-state index in [1.54, 1.807) is 24.3 Å². The Morgan fingerprint density at radius 3 is 2.25 bits per heavy atom. The Morgan fingerprint density at radius 1 is 1.12 bits per heavy atom. The molecule has 7 nitrogen and oxygen atoms in total. The molecule has 0 saturated heterocycles. The Kier molecular flexibility index (Phi) is 7.64. The maximum Gasteiger partial charge on any atom is 0.332 e. The molecule has 130 valence electrons. The van der Waals surface area contributed by atoms with E-state index < -0.39 is 30.2 Å². The summed E-state index contributed by atoms with van der Waals surface area (Å²) < 4.78 is 9.53. The molecule has 7 heteroatoms. The number of hydrogen-bond acceptors (Lipinski definition) is 5. The standard InChI is InChI=1S/C17H20O7/c1-11-3-5-12(6-4-11)9-13(16(19)20)14(17(21)22)10-15(18)24-8-7-23-2/h3-6,9,14H,7-8,10H2,1-2H3,(H,19,20)(H,21,22). The van der Waals surface area contributed by atoms with Crippen molar-refractivity contribution < 1.29 is 34.1 Å². The van der Waals surface area contributed by atoms with E-state index in [2.05, 4.69) is 0 Å². The molecular weight excluding hydrogens is 316 g/mol. The molecule has 0 radical (unpaired) electrons. The number of carbonyl (C=O) groups is 3.